The third kappa shape index (κ3) is 2.98. The molecular weight excluding hydrogens is 268 g/mol. The summed E-state index contributed by atoms with van der Waals surface area (Å²) in [5.74, 6) is -1.60. The number of hydrogen-bond donors (Lipinski definition) is 1. The van der Waals surface area contributed by atoms with Crippen LogP contribution in [0.5, 0.6) is 0 Å². The molecule has 0 radical (unpaired) electrons. The molecule has 2 aromatic rings. The first-order chi connectivity index (χ1) is 10.1. The van der Waals surface area contributed by atoms with Crippen molar-refractivity contribution in [2.75, 3.05) is 0 Å². The minimum absolute atomic E-state index is 0.308. The molecule has 21 heavy (non-hydrogen) atoms. The second kappa shape index (κ2) is 5.94. The van der Waals surface area contributed by atoms with E-state index in [-0.39, 0.29) is 6.04 Å². The number of halogens is 2. The molecule has 2 aromatic carbocycles. The fourth-order valence-electron chi connectivity index (χ4n) is 3.04. The Balaban J connectivity index is 1.82. The Morgan fingerprint density at radius 1 is 1.00 bits per heavy atom. The number of aryl methyl sites for hydroxylation is 2. The molecule has 3 rings (SSSR count). The highest BCUT2D eigenvalue weighted by Crippen LogP contribution is 2.26. The van der Waals surface area contributed by atoms with Crippen LogP contribution in [-0.4, -0.2) is 0 Å². The van der Waals surface area contributed by atoms with E-state index < -0.39 is 11.6 Å². The van der Waals surface area contributed by atoms with Crippen LogP contribution < -0.4 is 5.73 Å². The topological polar surface area (TPSA) is 26.0 Å². The van der Waals surface area contributed by atoms with E-state index in [0.29, 0.717) is 12.0 Å². The average molecular weight is 287 g/mol. The minimum Gasteiger partial charge on any atom is -0.324 e. The van der Waals surface area contributed by atoms with E-state index in [1.165, 1.54) is 30.0 Å². The van der Waals surface area contributed by atoms with Gasteiger partial charge in [0.1, 0.15) is 0 Å². The van der Waals surface area contributed by atoms with Crippen LogP contribution in [0.3, 0.4) is 0 Å². The van der Waals surface area contributed by atoms with E-state index >= 15 is 0 Å². The van der Waals surface area contributed by atoms with Crippen molar-refractivity contribution >= 4 is 0 Å². The number of benzene rings is 2. The van der Waals surface area contributed by atoms with Crippen molar-refractivity contribution in [2.24, 2.45) is 5.73 Å². The van der Waals surface area contributed by atoms with Crippen LogP contribution in [-0.2, 0) is 19.3 Å². The van der Waals surface area contributed by atoms with Gasteiger partial charge in [-0.15, -0.1) is 0 Å². The molecule has 0 aromatic heterocycles. The molecule has 0 spiro atoms. The zero-order valence-corrected chi connectivity index (χ0v) is 11.9. The van der Waals surface area contributed by atoms with Gasteiger partial charge in [-0.3, -0.25) is 0 Å². The van der Waals surface area contributed by atoms with Gasteiger partial charge in [-0.05, 0) is 60.4 Å². The summed E-state index contributed by atoms with van der Waals surface area (Å²) in [6, 6.07) is 10.2. The zero-order chi connectivity index (χ0) is 14.8. The second-order valence-corrected chi connectivity index (χ2v) is 5.76. The summed E-state index contributed by atoms with van der Waals surface area (Å²) >= 11 is 0. The van der Waals surface area contributed by atoms with E-state index in [4.69, 9.17) is 5.73 Å². The molecule has 0 aliphatic heterocycles. The second-order valence-electron chi connectivity index (χ2n) is 5.76. The predicted molar refractivity (Wildman–Crippen MR) is 80.1 cm³/mol. The minimum atomic E-state index is -0.815. The van der Waals surface area contributed by atoms with E-state index in [1.54, 1.807) is 6.07 Å². The molecule has 1 aliphatic rings. The van der Waals surface area contributed by atoms with E-state index in [2.05, 4.69) is 12.1 Å². The van der Waals surface area contributed by atoms with Crippen LogP contribution in [0.1, 0.15) is 41.1 Å². The van der Waals surface area contributed by atoms with Crippen molar-refractivity contribution in [3.63, 3.8) is 0 Å². The first-order valence-electron chi connectivity index (χ1n) is 7.45. The molecule has 0 fully saturated rings. The lowest BCUT2D eigenvalue weighted by atomic mass is 9.88. The van der Waals surface area contributed by atoms with Gasteiger partial charge in [-0.1, -0.05) is 30.3 Å². The first-order valence-corrected chi connectivity index (χ1v) is 7.45. The molecule has 1 unspecified atom stereocenters. The molecule has 0 saturated carbocycles. The highest BCUT2D eigenvalue weighted by Gasteiger charge is 2.15. The lowest BCUT2D eigenvalue weighted by Crippen LogP contribution is -2.15. The smallest absolute Gasteiger partial charge is 0.162 e. The molecule has 2 N–H and O–H groups in total. The molecule has 1 aliphatic carbocycles. The van der Waals surface area contributed by atoms with Crippen LogP contribution >= 0.6 is 0 Å². The Bertz CT molecular complexity index is 652. The predicted octanol–water partition coefficient (Wildman–Crippen LogP) is 4.09. The summed E-state index contributed by atoms with van der Waals surface area (Å²) in [4.78, 5) is 0. The molecule has 0 heterocycles. The average Bonchev–Trinajstić information content (AvgIpc) is 2.51. The van der Waals surface area contributed by atoms with Crippen LogP contribution in [0.15, 0.2) is 36.4 Å². The maximum atomic E-state index is 13.7. The molecular formula is C18H19F2N. The Hall–Kier alpha value is -1.74. The van der Waals surface area contributed by atoms with Gasteiger partial charge in [-0.25, -0.2) is 8.78 Å². The van der Waals surface area contributed by atoms with Gasteiger partial charge in [0.25, 0.3) is 0 Å². The lowest BCUT2D eigenvalue weighted by Gasteiger charge is -2.19. The number of hydrogen-bond acceptors (Lipinski definition) is 1. The molecule has 0 saturated heterocycles. The van der Waals surface area contributed by atoms with E-state index in [0.717, 1.165) is 24.5 Å². The lowest BCUT2D eigenvalue weighted by molar-refractivity contribution is 0.494. The number of rotatable bonds is 3. The van der Waals surface area contributed by atoms with Crippen molar-refractivity contribution in [3.8, 4) is 0 Å². The standard InChI is InChI=1S/C18H19F2N/c19-16-7-3-6-15(18(16)20)11-17(21)14-9-8-12-4-1-2-5-13(12)10-14/h3,6-10,17H,1-2,4-5,11,21H2. The maximum absolute atomic E-state index is 13.7. The third-order valence-corrected chi connectivity index (χ3v) is 4.27. The maximum Gasteiger partial charge on any atom is 0.162 e. The largest absolute Gasteiger partial charge is 0.324 e. The quantitative estimate of drug-likeness (QED) is 0.904. The van der Waals surface area contributed by atoms with Crippen LogP contribution in [0.4, 0.5) is 8.78 Å². The molecule has 0 amide bonds. The van der Waals surface area contributed by atoms with Crippen LogP contribution in [0, 0.1) is 11.6 Å². The Kier molecular flexibility index (Phi) is 4.02. The van der Waals surface area contributed by atoms with Crippen molar-refractivity contribution < 1.29 is 8.78 Å². The van der Waals surface area contributed by atoms with E-state index in [1.807, 2.05) is 6.07 Å². The van der Waals surface area contributed by atoms with Gasteiger partial charge in [0.2, 0.25) is 0 Å². The summed E-state index contributed by atoms with van der Waals surface area (Å²) in [6.07, 6.45) is 4.98. The van der Waals surface area contributed by atoms with Crippen LogP contribution in [0.2, 0.25) is 0 Å². The fourth-order valence-corrected chi connectivity index (χ4v) is 3.04. The van der Waals surface area contributed by atoms with Gasteiger partial charge >= 0.3 is 0 Å². The summed E-state index contributed by atoms with van der Waals surface area (Å²) in [5.41, 5.74) is 10.3. The first kappa shape index (κ1) is 14.2. The fraction of sp³-hybridized carbons (Fsp3) is 0.333. The summed E-state index contributed by atoms with van der Waals surface area (Å²) in [6.45, 7) is 0. The van der Waals surface area contributed by atoms with Crippen LogP contribution in [0.25, 0.3) is 0 Å². The number of nitrogens with two attached hydrogens (primary N) is 1. The molecule has 110 valence electrons. The summed E-state index contributed by atoms with van der Waals surface area (Å²) < 4.78 is 27.0. The van der Waals surface area contributed by atoms with Gasteiger partial charge in [0, 0.05) is 6.04 Å². The van der Waals surface area contributed by atoms with Gasteiger partial charge in [0.15, 0.2) is 11.6 Å². The van der Waals surface area contributed by atoms with Gasteiger partial charge in [-0.2, -0.15) is 0 Å². The molecule has 3 heteroatoms. The highest BCUT2D eigenvalue weighted by molar-refractivity contribution is 5.36. The Morgan fingerprint density at radius 2 is 1.76 bits per heavy atom. The van der Waals surface area contributed by atoms with Crippen molar-refractivity contribution in [2.45, 2.75) is 38.1 Å². The monoisotopic (exact) mass is 287 g/mol. The summed E-state index contributed by atoms with van der Waals surface area (Å²) in [5, 5.41) is 0. The number of fused-ring (bicyclic) bond motifs is 1. The van der Waals surface area contributed by atoms with Crippen molar-refractivity contribution in [1.29, 1.82) is 0 Å². The molecule has 0 bridgehead atoms. The van der Waals surface area contributed by atoms with Crippen molar-refractivity contribution in [3.05, 3.63) is 70.3 Å². The summed E-state index contributed by atoms with van der Waals surface area (Å²) in [7, 11) is 0. The highest BCUT2D eigenvalue weighted by atomic mass is 19.2. The Labute approximate surface area is 123 Å². The Morgan fingerprint density at radius 3 is 2.57 bits per heavy atom. The molecule has 1 atom stereocenters. The van der Waals surface area contributed by atoms with Gasteiger partial charge < -0.3 is 5.73 Å². The SMILES string of the molecule is NC(Cc1cccc(F)c1F)c1ccc2c(c1)CCCC2. The third-order valence-electron chi connectivity index (χ3n) is 4.27. The van der Waals surface area contributed by atoms with Gasteiger partial charge in [0.05, 0.1) is 0 Å². The van der Waals surface area contributed by atoms with E-state index in [9.17, 15) is 8.78 Å². The van der Waals surface area contributed by atoms with Crippen molar-refractivity contribution in [1.82, 2.24) is 0 Å². The molecule has 1 nitrogen and oxygen atoms in total. The normalized spacial score (nSPS) is 15.6. The zero-order valence-electron chi connectivity index (χ0n) is 11.9.